The Bertz CT molecular complexity index is 717. The zero-order valence-electron chi connectivity index (χ0n) is 11.4. The molecule has 0 unspecified atom stereocenters. The van der Waals surface area contributed by atoms with Crippen LogP contribution in [-0.2, 0) is 11.3 Å². The van der Waals surface area contributed by atoms with Crippen molar-refractivity contribution in [3.8, 4) is 0 Å². The second-order valence-electron chi connectivity index (χ2n) is 5.28. The molecule has 5 nitrogen and oxygen atoms in total. The number of carboxylic acid groups (broad SMARTS) is 1. The predicted molar refractivity (Wildman–Crippen MR) is 84.2 cm³/mol. The summed E-state index contributed by atoms with van der Waals surface area (Å²) in [6, 6.07) is 1.81. The standard InChI is InChI=1S/C14H16N2O3S2/c17-11(18)8-21-14-15-10-5-6-20-12(10)13(19)16(14)7-9-3-1-2-4-9/h5-6,9H,1-4,7-8H2,(H,17,18). The molecule has 1 saturated carbocycles. The van der Waals surface area contributed by atoms with E-state index < -0.39 is 5.97 Å². The molecular formula is C14H16N2O3S2. The minimum atomic E-state index is -0.896. The summed E-state index contributed by atoms with van der Waals surface area (Å²) in [6.45, 7) is 0.654. The van der Waals surface area contributed by atoms with Gasteiger partial charge < -0.3 is 5.11 Å². The molecule has 0 aliphatic heterocycles. The van der Waals surface area contributed by atoms with E-state index >= 15 is 0 Å². The summed E-state index contributed by atoms with van der Waals surface area (Å²) in [5.41, 5.74) is 0.635. The molecule has 2 aromatic heterocycles. The molecular weight excluding hydrogens is 308 g/mol. The quantitative estimate of drug-likeness (QED) is 0.676. The molecule has 0 amide bonds. The number of nitrogens with zero attached hydrogens (tertiary/aromatic N) is 2. The third kappa shape index (κ3) is 3.13. The summed E-state index contributed by atoms with van der Waals surface area (Å²) in [5.74, 6) is -0.467. The molecule has 0 radical (unpaired) electrons. The highest BCUT2D eigenvalue weighted by atomic mass is 32.2. The van der Waals surface area contributed by atoms with Gasteiger partial charge in [-0.15, -0.1) is 11.3 Å². The minimum absolute atomic E-state index is 0.0326. The first-order chi connectivity index (χ1) is 10.1. The Morgan fingerprint density at radius 1 is 1.48 bits per heavy atom. The van der Waals surface area contributed by atoms with E-state index in [0.717, 1.165) is 24.6 Å². The fourth-order valence-corrected chi connectivity index (χ4v) is 4.28. The average Bonchev–Trinajstić information content (AvgIpc) is 3.11. The fourth-order valence-electron chi connectivity index (χ4n) is 2.77. The van der Waals surface area contributed by atoms with E-state index in [1.807, 2.05) is 11.4 Å². The molecule has 3 rings (SSSR count). The lowest BCUT2D eigenvalue weighted by molar-refractivity contribution is -0.133. The van der Waals surface area contributed by atoms with Gasteiger partial charge in [0.05, 0.1) is 11.3 Å². The maximum absolute atomic E-state index is 12.6. The first kappa shape index (κ1) is 14.6. The summed E-state index contributed by atoms with van der Waals surface area (Å²) < 4.78 is 2.34. The van der Waals surface area contributed by atoms with Crippen LogP contribution in [-0.4, -0.2) is 26.4 Å². The SMILES string of the molecule is O=C(O)CSc1nc2ccsc2c(=O)n1CC1CCCC1. The highest BCUT2D eigenvalue weighted by Gasteiger charge is 2.20. The topological polar surface area (TPSA) is 72.2 Å². The lowest BCUT2D eigenvalue weighted by Gasteiger charge is -2.15. The fraction of sp³-hybridized carbons (Fsp3) is 0.500. The van der Waals surface area contributed by atoms with Crippen molar-refractivity contribution in [1.82, 2.24) is 9.55 Å². The lowest BCUT2D eigenvalue weighted by Crippen LogP contribution is -2.25. The molecule has 112 valence electrons. The van der Waals surface area contributed by atoms with Crippen LogP contribution in [0.15, 0.2) is 21.4 Å². The first-order valence-electron chi connectivity index (χ1n) is 6.98. The van der Waals surface area contributed by atoms with Crippen LogP contribution in [0.2, 0.25) is 0 Å². The number of hydrogen-bond donors (Lipinski definition) is 1. The van der Waals surface area contributed by atoms with Gasteiger partial charge in [-0.05, 0) is 30.2 Å². The van der Waals surface area contributed by atoms with E-state index in [9.17, 15) is 9.59 Å². The maximum atomic E-state index is 12.6. The average molecular weight is 324 g/mol. The smallest absolute Gasteiger partial charge is 0.313 e. The minimum Gasteiger partial charge on any atom is -0.481 e. The van der Waals surface area contributed by atoms with Gasteiger partial charge >= 0.3 is 5.97 Å². The summed E-state index contributed by atoms with van der Waals surface area (Å²) >= 11 is 2.53. The summed E-state index contributed by atoms with van der Waals surface area (Å²) in [5, 5.41) is 11.2. The Morgan fingerprint density at radius 3 is 2.95 bits per heavy atom. The van der Waals surface area contributed by atoms with Crippen molar-refractivity contribution in [3.63, 3.8) is 0 Å². The van der Waals surface area contributed by atoms with Crippen molar-refractivity contribution in [2.24, 2.45) is 5.92 Å². The van der Waals surface area contributed by atoms with E-state index in [1.165, 1.54) is 24.2 Å². The van der Waals surface area contributed by atoms with Crippen LogP contribution in [0.4, 0.5) is 0 Å². The van der Waals surface area contributed by atoms with Gasteiger partial charge in [0, 0.05) is 6.54 Å². The number of aromatic nitrogens is 2. The highest BCUT2D eigenvalue weighted by molar-refractivity contribution is 7.99. The molecule has 1 fully saturated rings. The Hall–Kier alpha value is -1.34. The van der Waals surface area contributed by atoms with E-state index in [-0.39, 0.29) is 11.3 Å². The second-order valence-corrected chi connectivity index (χ2v) is 7.14. The van der Waals surface area contributed by atoms with Crippen molar-refractivity contribution >= 4 is 39.3 Å². The van der Waals surface area contributed by atoms with Crippen LogP contribution in [0.1, 0.15) is 25.7 Å². The van der Waals surface area contributed by atoms with Crippen LogP contribution in [0.5, 0.6) is 0 Å². The Morgan fingerprint density at radius 2 is 2.24 bits per heavy atom. The van der Waals surface area contributed by atoms with Crippen molar-refractivity contribution in [1.29, 1.82) is 0 Å². The zero-order valence-corrected chi connectivity index (χ0v) is 13.1. The molecule has 2 aromatic rings. The van der Waals surface area contributed by atoms with Gasteiger partial charge in [-0.2, -0.15) is 0 Å². The summed E-state index contributed by atoms with van der Waals surface area (Å²) in [7, 11) is 0. The molecule has 1 N–H and O–H groups in total. The number of carbonyl (C=O) groups is 1. The number of hydrogen-bond acceptors (Lipinski definition) is 5. The molecule has 1 aliphatic carbocycles. The van der Waals surface area contributed by atoms with Crippen LogP contribution >= 0.6 is 23.1 Å². The van der Waals surface area contributed by atoms with Gasteiger partial charge in [0.25, 0.3) is 5.56 Å². The molecule has 0 saturated heterocycles. The van der Waals surface area contributed by atoms with Crippen molar-refractivity contribution in [2.45, 2.75) is 37.4 Å². The Balaban J connectivity index is 1.99. The highest BCUT2D eigenvalue weighted by Crippen LogP contribution is 2.28. The Kier molecular flexibility index (Phi) is 4.30. The molecule has 21 heavy (non-hydrogen) atoms. The molecule has 1 aliphatic rings. The molecule has 0 atom stereocenters. The van der Waals surface area contributed by atoms with Gasteiger partial charge in [0.2, 0.25) is 0 Å². The third-order valence-electron chi connectivity index (χ3n) is 3.77. The van der Waals surface area contributed by atoms with E-state index in [1.54, 1.807) is 4.57 Å². The number of thioether (sulfide) groups is 1. The van der Waals surface area contributed by atoms with Crippen LogP contribution in [0.3, 0.4) is 0 Å². The normalized spacial score (nSPS) is 15.8. The Labute approximate surface area is 130 Å². The monoisotopic (exact) mass is 324 g/mol. The number of aliphatic carboxylic acids is 1. The number of thiophene rings is 1. The number of carboxylic acids is 1. The number of fused-ring (bicyclic) bond motifs is 1. The van der Waals surface area contributed by atoms with Gasteiger partial charge in [-0.1, -0.05) is 24.6 Å². The summed E-state index contributed by atoms with van der Waals surface area (Å²) in [6.07, 6.45) is 4.70. The van der Waals surface area contributed by atoms with E-state index in [0.29, 0.717) is 27.8 Å². The van der Waals surface area contributed by atoms with Crippen LogP contribution < -0.4 is 5.56 Å². The van der Waals surface area contributed by atoms with E-state index in [2.05, 4.69) is 4.98 Å². The zero-order chi connectivity index (χ0) is 14.8. The lowest BCUT2D eigenvalue weighted by atomic mass is 10.1. The van der Waals surface area contributed by atoms with Crippen molar-refractivity contribution in [3.05, 3.63) is 21.8 Å². The molecule has 7 heteroatoms. The maximum Gasteiger partial charge on any atom is 0.313 e. The second kappa shape index (κ2) is 6.19. The predicted octanol–water partition coefficient (Wildman–Crippen LogP) is 2.82. The molecule has 0 bridgehead atoms. The van der Waals surface area contributed by atoms with Crippen molar-refractivity contribution in [2.75, 3.05) is 5.75 Å². The van der Waals surface area contributed by atoms with Gasteiger partial charge in [0.1, 0.15) is 4.70 Å². The van der Waals surface area contributed by atoms with Crippen LogP contribution in [0.25, 0.3) is 10.2 Å². The largest absolute Gasteiger partial charge is 0.481 e. The van der Waals surface area contributed by atoms with Gasteiger partial charge in [-0.25, -0.2) is 4.98 Å². The summed E-state index contributed by atoms with van der Waals surface area (Å²) in [4.78, 5) is 27.9. The third-order valence-corrected chi connectivity index (χ3v) is 5.62. The molecule has 0 spiro atoms. The van der Waals surface area contributed by atoms with Gasteiger partial charge in [0.15, 0.2) is 5.16 Å². The van der Waals surface area contributed by atoms with Crippen LogP contribution in [0, 0.1) is 5.92 Å². The van der Waals surface area contributed by atoms with Gasteiger partial charge in [-0.3, -0.25) is 14.2 Å². The first-order valence-corrected chi connectivity index (χ1v) is 8.84. The molecule has 0 aromatic carbocycles. The van der Waals surface area contributed by atoms with E-state index in [4.69, 9.17) is 5.11 Å². The van der Waals surface area contributed by atoms with Crippen molar-refractivity contribution < 1.29 is 9.90 Å². The molecule has 2 heterocycles. The number of rotatable bonds is 5.